The number of aryl methyl sites for hydroxylation is 1. The minimum Gasteiger partial charge on any atom is -0.453 e. The fourth-order valence-electron chi connectivity index (χ4n) is 6.69. The van der Waals surface area contributed by atoms with Crippen LogP contribution in [0.1, 0.15) is 84.7 Å². The van der Waals surface area contributed by atoms with Gasteiger partial charge in [0.25, 0.3) is 5.91 Å². The van der Waals surface area contributed by atoms with Crippen LogP contribution in [-0.4, -0.2) is 106 Å². The average Bonchev–Trinajstić information content (AvgIpc) is 3.46. The number of nitrogens with zero attached hydrogens (tertiary/aromatic N) is 4. The van der Waals surface area contributed by atoms with Crippen molar-refractivity contribution >= 4 is 23.9 Å². The summed E-state index contributed by atoms with van der Waals surface area (Å²) in [4.78, 5) is 62.0. The van der Waals surface area contributed by atoms with Crippen molar-refractivity contribution < 1.29 is 29.0 Å². The van der Waals surface area contributed by atoms with Gasteiger partial charge in [-0.05, 0) is 48.3 Å². The molecule has 2 heterocycles. The molecule has 13 nitrogen and oxygen atoms in total. The van der Waals surface area contributed by atoms with Gasteiger partial charge in [0, 0.05) is 31.9 Å². The first kappa shape index (κ1) is 43.2. The van der Waals surface area contributed by atoms with Crippen LogP contribution in [0.25, 0.3) is 0 Å². The zero-order valence-electron chi connectivity index (χ0n) is 33.2. The van der Waals surface area contributed by atoms with Crippen LogP contribution in [0, 0.1) is 24.2 Å². The first-order valence-electron chi connectivity index (χ1n) is 19.0. The highest BCUT2D eigenvalue weighted by molar-refractivity contribution is 5.88. The minimum absolute atomic E-state index is 0.00300. The van der Waals surface area contributed by atoms with E-state index in [0.29, 0.717) is 39.0 Å². The maximum atomic E-state index is 14.4. The zero-order chi connectivity index (χ0) is 39.3. The summed E-state index contributed by atoms with van der Waals surface area (Å²) in [6.45, 7) is 17.2. The first-order chi connectivity index (χ1) is 25.1. The number of amides is 5. The van der Waals surface area contributed by atoms with E-state index in [2.05, 4.69) is 34.9 Å². The Morgan fingerprint density at radius 1 is 0.943 bits per heavy atom. The second-order valence-corrected chi connectivity index (χ2v) is 15.4. The van der Waals surface area contributed by atoms with Crippen molar-refractivity contribution in [2.24, 2.45) is 17.3 Å². The molecule has 1 aliphatic heterocycles. The monoisotopic (exact) mass is 737 g/mol. The van der Waals surface area contributed by atoms with Crippen molar-refractivity contribution in [3.8, 4) is 0 Å². The maximum Gasteiger partial charge on any atom is 0.407 e. The van der Waals surface area contributed by atoms with Crippen molar-refractivity contribution in [3.63, 3.8) is 0 Å². The molecule has 5 amide bonds. The lowest BCUT2D eigenvalue weighted by molar-refractivity contribution is -0.133. The number of benzene rings is 1. The molecule has 3 rings (SSSR count). The SMILES string of the molecule is CCC(CC)CN(CC(O)C(Cc1ccccc1)NC(=O)C(C(C)CC)N1CCN(Cc2cccc(C)n2)C1=O)NC(=O)C(NC(=O)OC)C(C)(C)C. The van der Waals surface area contributed by atoms with E-state index in [1.165, 1.54) is 7.11 Å². The lowest BCUT2D eigenvalue weighted by atomic mass is 9.86. The second-order valence-electron chi connectivity index (χ2n) is 15.4. The zero-order valence-corrected chi connectivity index (χ0v) is 33.2. The van der Waals surface area contributed by atoms with Gasteiger partial charge in [-0.1, -0.05) is 104 Å². The molecule has 1 fully saturated rings. The number of hydrogen-bond acceptors (Lipinski definition) is 8. The molecule has 5 atom stereocenters. The highest BCUT2D eigenvalue weighted by Gasteiger charge is 2.41. The molecular weight excluding hydrogens is 674 g/mol. The predicted octanol–water partition coefficient (Wildman–Crippen LogP) is 4.67. The van der Waals surface area contributed by atoms with E-state index in [4.69, 9.17) is 4.74 Å². The molecule has 1 aromatic carbocycles. The number of ether oxygens (including phenoxy) is 1. The number of alkyl carbamates (subject to hydrolysis) is 1. The largest absolute Gasteiger partial charge is 0.453 e. The molecule has 0 radical (unpaired) electrons. The maximum absolute atomic E-state index is 14.4. The van der Waals surface area contributed by atoms with Crippen LogP contribution in [0.3, 0.4) is 0 Å². The third-order valence-corrected chi connectivity index (χ3v) is 10.2. The molecule has 1 aliphatic rings. The van der Waals surface area contributed by atoms with E-state index in [1.54, 1.807) is 14.8 Å². The van der Waals surface area contributed by atoms with E-state index < -0.39 is 41.6 Å². The summed E-state index contributed by atoms with van der Waals surface area (Å²) in [6, 6.07) is 12.7. The van der Waals surface area contributed by atoms with E-state index in [9.17, 15) is 24.3 Å². The van der Waals surface area contributed by atoms with Crippen LogP contribution >= 0.6 is 0 Å². The first-order valence-corrected chi connectivity index (χ1v) is 19.0. The number of pyridine rings is 1. The molecule has 4 N–H and O–H groups in total. The van der Waals surface area contributed by atoms with Crippen molar-refractivity contribution in [2.45, 2.75) is 112 Å². The highest BCUT2D eigenvalue weighted by atomic mass is 16.5. The van der Waals surface area contributed by atoms with Gasteiger partial charge < -0.3 is 30.3 Å². The summed E-state index contributed by atoms with van der Waals surface area (Å²) in [7, 11) is 1.24. The Morgan fingerprint density at radius 2 is 1.62 bits per heavy atom. The molecule has 1 saturated heterocycles. The standard InChI is InChI=1S/C40H63N7O6/c1-10-27(4)34(47-22-21-45(39(47)52)25-31-20-16-17-28(5)41-31)36(49)42-32(23-30-18-14-13-15-19-30)33(48)26-46(24-29(11-2)12-3)44-37(50)35(40(6,7)8)43-38(51)53-9/h13-20,27,29,32-35,48H,10-12,21-26H2,1-9H3,(H,42,49)(H,43,51)(H,44,50). The number of aliphatic hydroxyl groups excluding tert-OH is 1. The molecule has 53 heavy (non-hydrogen) atoms. The lowest BCUT2D eigenvalue weighted by Gasteiger charge is -2.36. The Labute approximate surface area is 316 Å². The third kappa shape index (κ3) is 12.7. The second kappa shape index (κ2) is 20.3. The molecule has 294 valence electrons. The lowest BCUT2D eigenvalue weighted by Crippen LogP contribution is -2.61. The van der Waals surface area contributed by atoms with Gasteiger partial charge in [0.2, 0.25) is 5.91 Å². The van der Waals surface area contributed by atoms with Crippen LogP contribution in [0.5, 0.6) is 0 Å². The molecule has 13 heteroatoms. The molecule has 0 aliphatic carbocycles. The summed E-state index contributed by atoms with van der Waals surface area (Å²) in [5.41, 5.74) is 4.90. The number of aliphatic hydroxyl groups is 1. The summed E-state index contributed by atoms with van der Waals surface area (Å²) >= 11 is 0. The molecule has 1 aromatic heterocycles. The number of aromatic nitrogens is 1. The van der Waals surface area contributed by atoms with Gasteiger partial charge in [-0.2, -0.15) is 0 Å². The van der Waals surface area contributed by atoms with Gasteiger partial charge in [0.1, 0.15) is 12.1 Å². The Kier molecular flexibility index (Phi) is 16.5. The van der Waals surface area contributed by atoms with Crippen LogP contribution in [0.15, 0.2) is 48.5 Å². The van der Waals surface area contributed by atoms with Crippen LogP contribution in [-0.2, 0) is 27.3 Å². The summed E-state index contributed by atoms with van der Waals surface area (Å²) in [6.07, 6.45) is 0.844. The fraction of sp³-hybridized carbons (Fsp3) is 0.625. The molecule has 0 bridgehead atoms. The summed E-state index contributed by atoms with van der Waals surface area (Å²) in [5.74, 6) is -0.735. The Bertz CT molecular complexity index is 1480. The Morgan fingerprint density at radius 3 is 2.21 bits per heavy atom. The number of methoxy groups -OCH3 is 1. The van der Waals surface area contributed by atoms with E-state index >= 15 is 0 Å². The number of carbonyl (C=O) groups is 4. The number of nitrogens with one attached hydrogen (secondary N) is 3. The Balaban J connectivity index is 1.89. The average molecular weight is 738 g/mol. The smallest absolute Gasteiger partial charge is 0.407 e. The molecule has 5 unspecified atom stereocenters. The number of carbonyl (C=O) groups excluding carboxylic acids is 4. The topological polar surface area (TPSA) is 156 Å². The normalized spacial score (nSPS) is 16.3. The summed E-state index contributed by atoms with van der Waals surface area (Å²) in [5, 5.41) is 19.5. The van der Waals surface area contributed by atoms with Crippen molar-refractivity contribution in [3.05, 3.63) is 65.5 Å². The number of rotatable bonds is 19. The van der Waals surface area contributed by atoms with Gasteiger partial charge in [-0.3, -0.25) is 20.0 Å². The van der Waals surface area contributed by atoms with Gasteiger partial charge in [0.05, 0.1) is 31.5 Å². The highest BCUT2D eigenvalue weighted by Crippen LogP contribution is 2.24. The van der Waals surface area contributed by atoms with Gasteiger partial charge in [0.15, 0.2) is 0 Å². The van der Waals surface area contributed by atoms with E-state index in [-0.39, 0.29) is 30.3 Å². The molecule has 0 spiro atoms. The fourth-order valence-corrected chi connectivity index (χ4v) is 6.69. The van der Waals surface area contributed by atoms with Crippen LogP contribution in [0.4, 0.5) is 9.59 Å². The molecular formula is C40H63N7O6. The van der Waals surface area contributed by atoms with E-state index in [1.807, 2.05) is 90.1 Å². The van der Waals surface area contributed by atoms with Gasteiger partial charge >= 0.3 is 12.1 Å². The number of hydrogen-bond donors (Lipinski definition) is 4. The minimum atomic E-state index is -1.12. The van der Waals surface area contributed by atoms with Gasteiger partial charge in [-0.15, -0.1) is 0 Å². The molecule has 0 saturated carbocycles. The quantitative estimate of drug-likeness (QED) is 0.152. The third-order valence-electron chi connectivity index (χ3n) is 10.2. The van der Waals surface area contributed by atoms with Crippen LogP contribution < -0.4 is 16.1 Å². The van der Waals surface area contributed by atoms with Gasteiger partial charge in [-0.25, -0.2) is 14.6 Å². The molecule has 2 aromatic rings. The predicted molar refractivity (Wildman–Crippen MR) is 205 cm³/mol. The van der Waals surface area contributed by atoms with Crippen LogP contribution in [0.2, 0.25) is 0 Å². The van der Waals surface area contributed by atoms with Crippen molar-refractivity contribution in [1.29, 1.82) is 0 Å². The van der Waals surface area contributed by atoms with Crippen molar-refractivity contribution in [1.82, 2.24) is 35.9 Å². The number of hydrazine groups is 1. The Hall–Kier alpha value is -4.23. The number of urea groups is 1. The van der Waals surface area contributed by atoms with E-state index in [0.717, 1.165) is 29.8 Å². The summed E-state index contributed by atoms with van der Waals surface area (Å²) < 4.78 is 4.79. The van der Waals surface area contributed by atoms with Crippen molar-refractivity contribution in [2.75, 3.05) is 33.3 Å².